The molecule has 2 heterocycles. The third-order valence-corrected chi connectivity index (χ3v) is 6.68. The van der Waals surface area contributed by atoms with Crippen LogP contribution in [0.3, 0.4) is 0 Å². The maximum absolute atomic E-state index is 12.5. The summed E-state index contributed by atoms with van der Waals surface area (Å²) in [6.07, 6.45) is 9.33. The molecule has 1 aromatic heterocycles. The first-order valence-corrected chi connectivity index (χ1v) is 10.9. The Morgan fingerprint density at radius 1 is 1.14 bits per heavy atom. The van der Waals surface area contributed by atoms with E-state index in [1.165, 1.54) is 18.4 Å². The number of amides is 1. The van der Waals surface area contributed by atoms with Gasteiger partial charge in [0.1, 0.15) is 5.37 Å². The first-order chi connectivity index (χ1) is 13.7. The molecule has 1 atom stereocenters. The van der Waals surface area contributed by atoms with Crippen molar-refractivity contribution >= 4 is 17.7 Å². The predicted octanol–water partition coefficient (Wildman–Crippen LogP) is 4.23. The van der Waals surface area contributed by atoms with Gasteiger partial charge in [0, 0.05) is 18.9 Å². The summed E-state index contributed by atoms with van der Waals surface area (Å²) in [7, 11) is 1.67. The number of nitrogens with zero attached hydrogens (tertiary/aromatic N) is 2. The van der Waals surface area contributed by atoms with Crippen molar-refractivity contribution in [2.45, 2.75) is 43.6 Å². The lowest BCUT2D eigenvalue weighted by molar-refractivity contribution is -0.128. The number of ether oxygens (including phenoxy) is 2. The third-order valence-electron chi connectivity index (χ3n) is 5.43. The number of thioether (sulfide) groups is 1. The molecule has 1 aromatic carbocycles. The second-order valence-corrected chi connectivity index (χ2v) is 8.36. The fraction of sp³-hybridized carbons (Fsp3) is 0.455. The van der Waals surface area contributed by atoms with E-state index in [0.29, 0.717) is 12.3 Å². The Hall–Kier alpha value is -2.21. The van der Waals surface area contributed by atoms with Gasteiger partial charge in [-0.3, -0.25) is 9.78 Å². The molecular weight excluding hydrogens is 372 g/mol. The highest BCUT2D eigenvalue weighted by Gasteiger charge is 2.33. The number of aromatic nitrogens is 1. The van der Waals surface area contributed by atoms with Gasteiger partial charge in [-0.05, 0) is 67.5 Å². The highest BCUT2D eigenvalue weighted by Crippen LogP contribution is 2.42. The second kappa shape index (κ2) is 8.86. The molecule has 0 N–H and O–H groups in total. The molecule has 1 aliphatic carbocycles. The lowest BCUT2D eigenvalue weighted by Crippen LogP contribution is -2.30. The summed E-state index contributed by atoms with van der Waals surface area (Å²) in [6, 6.07) is 10.1. The van der Waals surface area contributed by atoms with Crippen molar-refractivity contribution in [3.05, 3.63) is 53.9 Å². The molecule has 148 valence electrons. The van der Waals surface area contributed by atoms with Crippen molar-refractivity contribution in [1.29, 1.82) is 0 Å². The van der Waals surface area contributed by atoms with Crippen LogP contribution in [-0.4, -0.2) is 41.3 Å². The van der Waals surface area contributed by atoms with Crippen LogP contribution in [0.25, 0.3) is 0 Å². The number of hydrogen-bond donors (Lipinski definition) is 0. The Bertz CT molecular complexity index is 809. The number of methoxy groups -OCH3 is 1. The Kier molecular flexibility index (Phi) is 6.05. The molecule has 1 aliphatic heterocycles. The van der Waals surface area contributed by atoms with Gasteiger partial charge in [0.05, 0.1) is 19.0 Å². The van der Waals surface area contributed by atoms with Gasteiger partial charge in [-0.15, -0.1) is 11.8 Å². The molecule has 2 fully saturated rings. The van der Waals surface area contributed by atoms with Crippen LogP contribution >= 0.6 is 11.8 Å². The van der Waals surface area contributed by atoms with E-state index in [0.717, 1.165) is 36.3 Å². The van der Waals surface area contributed by atoms with E-state index in [1.807, 2.05) is 23.1 Å². The predicted molar refractivity (Wildman–Crippen MR) is 111 cm³/mol. The van der Waals surface area contributed by atoms with Gasteiger partial charge in [0.25, 0.3) is 0 Å². The normalized spacial score (nSPS) is 20.0. The lowest BCUT2D eigenvalue weighted by Gasteiger charge is -2.25. The topological polar surface area (TPSA) is 51.7 Å². The van der Waals surface area contributed by atoms with Gasteiger partial charge >= 0.3 is 0 Å². The Labute approximate surface area is 170 Å². The highest BCUT2D eigenvalue weighted by molar-refractivity contribution is 8.00. The summed E-state index contributed by atoms with van der Waals surface area (Å²) >= 11 is 1.68. The van der Waals surface area contributed by atoms with Crippen LogP contribution in [0.15, 0.2) is 42.7 Å². The van der Waals surface area contributed by atoms with Gasteiger partial charge in [-0.2, -0.15) is 0 Å². The standard InChI is InChI=1S/C22H26N2O3S/c1-26-19-7-6-17(14-20(19)27-18-4-2-3-5-18)22-24(21(25)15-28-22)13-10-16-8-11-23-12-9-16/h6-9,11-12,14,18,22H,2-5,10,13,15H2,1H3. The first-order valence-electron chi connectivity index (χ1n) is 9.89. The van der Waals surface area contributed by atoms with E-state index in [1.54, 1.807) is 31.3 Å². The fourth-order valence-electron chi connectivity index (χ4n) is 3.90. The smallest absolute Gasteiger partial charge is 0.233 e. The number of pyridine rings is 1. The van der Waals surface area contributed by atoms with Gasteiger partial charge in [0.15, 0.2) is 11.5 Å². The summed E-state index contributed by atoms with van der Waals surface area (Å²) in [5.41, 5.74) is 2.29. The quantitative estimate of drug-likeness (QED) is 0.699. The average molecular weight is 399 g/mol. The molecule has 28 heavy (non-hydrogen) atoms. The van der Waals surface area contributed by atoms with Crippen LogP contribution in [0.4, 0.5) is 0 Å². The molecule has 1 amide bonds. The minimum atomic E-state index is 0.0196. The van der Waals surface area contributed by atoms with Crippen molar-refractivity contribution in [2.75, 3.05) is 19.4 Å². The van der Waals surface area contributed by atoms with Crippen molar-refractivity contribution in [2.24, 2.45) is 0 Å². The second-order valence-electron chi connectivity index (χ2n) is 7.29. The highest BCUT2D eigenvalue weighted by atomic mass is 32.2. The number of rotatable bonds is 7. The van der Waals surface area contributed by atoms with Crippen LogP contribution in [-0.2, 0) is 11.2 Å². The van der Waals surface area contributed by atoms with Gasteiger partial charge in [-0.25, -0.2) is 0 Å². The van der Waals surface area contributed by atoms with Gasteiger partial charge in [0.2, 0.25) is 5.91 Å². The van der Waals surface area contributed by atoms with Crippen LogP contribution in [0.5, 0.6) is 11.5 Å². The summed E-state index contributed by atoms with van der Waals surface area (Å²) in [5.74, 6) is 2.26. The molecule has 0 spiro atoms. The molecule has 4 rings (SSSR count). The molecule has 1 unspecified atom stereocenters. The largest absolute Gasteiger partial charge is 0.493 e. The maximum Gasteiger partial charge on any atom is 0.233 e. The number of carbonyl (C=O) groups is 1. The fourth-order valence-corrected chi connectivity index (χ4v) is 5.10. The minimum Gasteiger partial charge on any atom is -0.493 e. The minimum absolute atomic E-state index is 0.0196. The average Bonchev–Trinajstić information content (AvgIpc) is 3.37. The Morgan fingerprint density at radius 2 is 1.93 bits per heavy atom. The van der Waals surface area contributed by atoms with Crippen molar-refractivity contribution in [3.63, 3.8) is 0 Å². The van der Waals surface area contributed by atoms with Crippen LogP contribution < -0.4 is 9.47 Å². The zero-order valence-electron chi connectivity index (χ0n) is 16.2. The monoisotopic (exact) mass is 398 g/mol. The number of hydrogen-bond acceptors (Lipinski definition) is 5. The molecule has 6 heteroatoms. The summed E-state index contributed by atoms with van der Waals surface area (Å²) in [6.45, 7) is 0.700. The molecule has 5 nitrogen and oxygen atoms in total. The van der Waals surface area contributed by atoms with Crippen molar-refractivity contribution in [3.8, 4) is 11.5 Å². The van der Waals surface area contributed by atoms with Crippen LogP contribution in [0.2, 0.25) is 0 Å². The van der Waals surface area contributed by atoms with Crippen LogP contribution in [0.1, 0.15) is 42.2 Å². The molecular formula is C22H26N2O3S. The Morgan fingerprint density at radius 3 is 2.68 bits per heavy atom. The molecule has 1 saturated carbocycles. The number of carbonyl (C=O) groups excluding carboxylic acids is 1. The molecule has 0 bridgehead atoms. The molecule has 1 saturated heterocycles. The number of benzene rings is 1. The first kappa shape index (κ1) is 19.1. The lowest BCUT2D eigenvalue weighted by atomic mass is 10.1. The van der Waals surface area contributed by atoms with E-state index in [4.69, 9.17) is 9.47 Å². The van der Waals surface area contributed by atoms with Gasteiger partial charge < -0.3 is 14.4 Å². The van der Waals surface area contributed by atoms with E-state index in [-0.39, 0.29) is 17.4 Å². The molecule has 0 radical (unpaired) electrons. The summed E-state index contributed by atoms with van der Waals surface area (Å²) < 4.78 is 11.8. The van der Waals surface area contributed by atoms with Crippen molar-refractivity contribution in [1.82, 2.24) is 9.88 Å². The summed E-state index contributed by atoms with van der Waals surface area (Å²) in [4.78, 5) is 18.5. The van der Waals surface area contributed by atoms with Crippen LogP contribution in [0, 0.1) is 0 Å². The third kappa shape index (κ3) is 4.27. The summed E-state index contributed by atoms with van der Waals surface area (Å²) in [5, 5.41) is 0.0196. The SMILES string of the molecule is COc1ccc(C2SCC(=O)N2CCc2ccncc2)cc1OC1CCCC1. The zero-order chi connectivity index (χ0) is 19.3. The Balaban J connectivity index is 1.51. The van der Waals surface area contributed by atoms with Crippen molar-refractivity contribution < 1.29 is 14.3 Å². The van der Waals surface area contributed by atoms with E-state index in [9.17, 15) is 4.79 Å². The van der Waals surface area contributed by atoms with E-state index >= 15 is 0 Å². The molecule has 2 aliphatic rings. The van der Waals surface area contributed by atoms with E-state index < -0.39 is 0 Å². The van der Waals surface area contributed by atoms with E-state index in [2.05, 4.69) is 17.1 Å². The molecule has 2 aromatic rings. The zero-order valence-corrected chi connectivity index (χ0v) is 17.0. The van der Waals surface area contributed by atoms with Gasteiger partial charge in [-0.1, -0.05) is 6.07 Å². The maximum atomic E-state index is 12.5.